The van der Waals surface area contributed by atoms with Gasteiger partial charge in [-0.2, -0.15) is 5.10 Å². The average molecular weight is 407 g/mol. The number of aromatic nitrogens is 2. The second kappa shape index (κ2) is 7.26. The van der Waals surface area contributed by atoms with Crippen LogP contribution in [0.1, 0.15) is 17.7 Å². The minimum atomic E-state index is -0.603. The molecule has 1 unspecified atom stereocenters. The van der Waals surface area contributed by atoms with Gasteiger partial charge in [-0.15, -0.1) is 0 Å². The maximum Gasteiger partial charge on any atom is 0.267 e. The van der Waals surface area contributed by atoms with Gasteiger partial charge in [0.05, 0.1) is 35.7 Å². The van der Waals surface area contributed by atoms with E-state index in [-0.39, 0.29) is 5.91 Å². The summed E-state index contributed by atoms with van der Waals surface area (Å²) in [6.45, 7) is 0.438. The molecule has 0 fully saturated rings. The van der Waals surface area contributed by atoms with E-state index < -0.39 is 6.10 Å². The van der Waals surface area contributed by atoms with E-state index >= 15 is 0 Å². The number of benzene rings is 1. The smallest absolute Gasteiger partial charge is 0.267 e. The first kappa shape index (κ1) is 17.5. The zero-order valence-electron chi connectivity index (χ0n) is 14.3. The number of hydrogen-bond donors (Lipinski definition) is 0. The molecule has 0 N–H and O–H groups in total. The minimum Gasteiger partial charge on any atom is -0.497 e. The van der Waals surface area contributed by atoms with Crippen LogP contribution >= 0.6 is 15.9 Å². The standard InChI is InChI=1S/C17H19BrN4O3/c1-21(10-15-13(18)9-19-22(15)2)17(23)16-8-14(20-25-16)11-4-6-12(24-3)7-5-11/h4-7,9,16H,8,10H2,1-3H3. The third-order valence-corrected chi connectivity index (χ3v) is 4.80. The van der Waals surface area contributed by atoms with Gasteiger partial charge < -0.3 is 14.5 Å². The van der Waals surface area contributed by atoms with Crippen molar-refractivity contribution in [2.45, 2.75) is 19.1 Å². The lowest BCUT2D eigenvalue weighted by atomic mass is 10.0. The molecule has 1 aromatic heterocycles. The van der Waals surface area contributed by atoms with Gasteiger partial charge in [-0.3, -0.25) is 9.48 Å². The fourth-order valence-electron chi connectivity index (χ4n) is 2.63. The number of hydrogen-bond acceptors (Lipinski definition) is 5. The fourth-order valence-corrected chi connectivity index (χ4v) is 3.10. The zero-order valence-corrected chi connectivity index (χ0v) is 15.9. The van der Waals surface area contributed by atoms with Crippen molar-refractivity contribution < 1.29 is 14.4 Å². The van der Waals surface area contributed by atoms with E-state index in [1.54, 1.807) is 29.9 Å². The highest BCUT2D eigenvalue weighted by Crippen LogP contribution is 2.22. The molecule has 132 valence electrons. The second-order valence-electron chi connectivity index (χ2n) is 5.82. The Morgan fingerprint density at radius 1 is 1.44 bits per heavy atom. The summed E-state index contributed by atoms with van der Waals surface area (Å²) in [6, 6.07) is 7.53. The second-order valence-corrected chi connectivity index (χ2v) is 6.68. The Balaban J connectivity index is 1.62. The largest absolute Gasteiger partial charge is 0.497 e. The molecule has 0 spiro atoms. The molecule has 0 saturated heterocycles. The van der Waals surface area contributed by atoms with E-state index in [1.807, 2.05) is 31.3 Å². The van der Waals surface area contributed by atoms with Gasteiger partial charge in [0.1, 0.15) is 5.75 Å². The van der Waals surface area contributed by atoms with E-state index in [9.17, 15) is 4.79 Å². The maximum atomic E-state index is 12.6. The van der Waals surface area contributed by atoms with Gasteiger partial charge in [0.2, 0.25) is 6.10 Å². The summed E-state index contributed by atoms with van der Waals surface area (Å²) in [5.74, 6) is 0.665. The summed E-state index contributed by atoms with van der Waals surface area (Å²) in [5, 5.41) is 8.24. The summed E-state index contributed by atoms with van der Waals surface area (Å²) >= 11 is 3.44. The van der Waals surface area contributed by atoms with E-state index in [0.717, 1.165) is 27.2 Å². The lowest BCUT2D eigenvalue weighted by Gasteiger charge is -2.20. The van der Waals surface area contributed by atoms with Crippen molar-refractivity contribution in [3.05, 3.63) is 46.2 Å². The minimum absolute atomic E-state index is 0.111. The Hall–Kier alpha value is -2.35. The predicted octanol–water partition coefficient (Wildman–Crippen LogP) is 2.34. The molecule has 1 atom stereocenters. The summed E-state index contributed by atoms with van der Waals surface area (Å²) in [5.41, 5.74) is 2.61. The first-order valence-electron chi connectivity index (χ1n) is 7.78. The molecule has 1 aliphatic heterocycles. The molecule has 1 aromatic carbocycles. The van der Waals surface area contributed by atoms with Gasteiger partial charge in [-0.25, -0.2) is 0 Å². The molecular weight excluding hydrogens is 388 g/mol. The van der Waals surface area contributed by atoms with Gasteiger partial charge in [-0.05, 0) is 45.8 Å². The van der Waals surface area contributed by atoms with E-state index in [4.69, 9.17) is 9.57 Å². The number of rotatable bonds is 5. The third kappa shape index (κ3) is 3.68. The van der Waals surface area contributed by atoms with Crippen LogP contribution in [0.4, 0.5) is 0 Å². The molecule has 1 aliphatic rings. The maximum absolute atomic E-state index is 12.6. The van der Waals surface area contributed by atoms with Crippen LogP contribution in [0.15, 0.2) is 40.1 Å². The quantitative estimate of drug-likeness (QED) is 0.763. The number of carbonyl (C=O) groups is 1. The summed E-state index contributed by atoms with van der Waals surface area (Å²) < 4.78 is 7.76. The van der Waals surface area contributed by atoms with Crippen molar-refractivity contribution in [2.24, 2.45) is 12.2 Å². The number of halogens is 1. The van der Waals surface area contributed by atoms with Crippen molar-refractivity contribution >= 4 is 27.5 Å². The fraction of sp³-hybridized carbons (Fsp3) is 0.353. The van der Waals surface area contributed by atoms with Gasteiger partial charge in [0.25, 0.3) is 5.91 Å². The lowest BCUT2D eigenvalue weighted by molar-refractivity contribution is -0.141. The molecule has 0 radical (unpaired) electrons. The third-order valence-electron chi connectivity index (χ3n) is 4.14. The Morgan fingerprint density at radius 3 is 2.76 bits per heavy atom. The normalized spacial score (nSPS) is 16.3. The van der Waals surface area contributed by atoms with Crippen LogP contribution < -0.4 is 4.74 Å². The Morgan fingerprint density at radius 2 is 2.16 bits per heavy atom. The summed E-state index contributed by atoms with van der Waals surface area (Å²) in [4.78, 5) is 19.6. The molecule has 0 saturated carbocycles. The number of oxime groups is 1. The molecule has 25 heavy (non-hydrogen) atoms. The molecule has 7 nitrogen and oxygen atoms in total. The number of ether oxygens (including phenoxy) is 1. The molecule has 2 heterocycles. The van der Waals surface area contributed by atoms with Crippen molar-refractivity contribution in [3.63, 3.8) is 0 Å². The molecule has 0 aliphatic carbocycles. The number of amides is 1. The highest BCUT2D eigenvalue weighted by Gasteiger charge is 2.31. The molecule has 2 aromatic rings. The number of carbonyl (C=O) groups excluding carboxylic acids is 1. The van der Waals surface area contributed by atoms with Crippen molar-refractivity contribution in [1.29, 1.82) is 0 Å². The van der Waals surface area contributed by atoms with Crippen LogP contribution in [0, 0.1) is 0 Å². The number of likely N-dealkylation sites (N-methyl/N-ethyl adjacent to an activating group) is 1. The van der Waals surface area contributed by atoms with E-state index in [0.29, 0.717) is 13.0 Å². The number of aryl methyl sites for hydroxylation is 1. The average Bonchev–Trinajstić information content (AvgIpc) is 3.23. The van der Waals surface area contributed by atoms with Crippen molar-refractivity contribution in [2.75, 3.05) is 14.2 Å². The van der Waals surface area contributed by atoms with Gasteiger partial charge >= 0.3 is 0 Å². The molecule has 1 amide bonds. The molecule has 8 heteroatoms. The van der Waals surface area contributed by atoms with Crippen LogP contribution in [-0.2, 0) is 23.2 Å². The van der Waals surface area contributed by atoms with Crippen LogP contribution in [0.25, 0.3) is 0 Å². The van der Waals surface area contributed by atoms with E-state index in [1.165, 1.54) is 0 Å². The van der Waals surface area contributed by atoms with Crippen LogP contribution in [0.2, 0.25) is 0 Å². The van der Waals surface area contributed by atoms with Crippen LogP contribution in [-0.4, -0.2) is 46.6 Å². The Kier molecular flexibility index (Phi) is 5.08. The highest BCUT2D eigenvalue weighted by molar-refractivity contribution is 9.10. The molecule has 3 rings (SSSR count). The zero-order chi connectivity index (χ0) is 18.0. The summed E-state index contributed by atoms with van der Waals surface area (Å²) in [7, 11) is 5.21. The Bertz CT molecular complexity index is 781. The monoisotopic (exact) mass is 406 g/mol. The van der Waals surface area contributed by atoms with E-state index in [2.05, 4.69) is 26.2 Å². The van der Waals surface area contributed by atoms with Crippen LogP contribution in [0.3, 0.4) is 0 Å². The van der Waals surface area contributed by atoms with Gasteiger partial charge in [-0.1, -0.05) is 5.16 Å². The first-order valence-corrected chi connectivity index (χ1v) is 8.57. The topological polar surface area (TPSA) is 69.0 Å². The van der Waals surface area contributed by atoms with Gasteiger partial charge in [0.15, 0.2) is 0 Å². The molecular formula is C17H19BrN4O3. The van der Waals surface area contributed by atoms with Crippen molar-refractivity contribution in [3.8, 4) is 5.75 Å². The number of nitrogens with zero attached hydrogens (tertiary/aromatic N) is 4. The SMILES string of the molecule is COc1ccc(C2=NOC(C(=O)N(C)Cc3c(Br)cnn3C)C2)cc1. The predicted molar refractivity (Wildman–Crippen MR) is 96.4 cm³/mol. The van der Waals surface area contributed by atoms with Crippen LogP contribution in [0.5, 0.6) is 5.75 Å². The summed E-state index contributed by atoms with van der Waals surface area (Å²) in [6.07, 6.45) is 1.56. The number of methoxy groups -OCH3 is 1. The van der Waals surface area contributed by atoms with Crippen molar-refractivity contribution in [1.82, 2.24) is 14.7 Å². The highest BCUT2D eigenvalue weighted by atomic mass is 79.9. The molecule has 0 bridgehead atoms. The first-order chi connectivity index (χ1) is 12.0. The van der Waals surface area contributed by atoms with Gasteiger partial charge in [0, 0.05) is 20.5 Å². The lowest BCUT2D eigenvalue weighted by Crippen LogP contribution is -2.36. The Labute approximate surface area is 154 Å².